The molecular weight excluding hydrogens is 198 g/mol. The van der Waals surface area contributed by atoms with Crippen LogP contribution in [0.4, 0.5) is 0 Å². The van der Waals surface area contributed by atoms with Gasteiger partial charge in [-0.05, 0) is 31.4 Å². The van der Waals surface area contributed by atoms with Crippen LogP contribution in [0.25, 0.3) is 0 Å². The summed E-state index contributed by atoms with van der Waals surface area (Å²) in [7, 11) is 1.70. The second-order valence-electron chi connectivity index (χ2n) is 4.78. The van der Waals surface area contributed by atoms with Gasteiger partial charge in [0.15, 0.2) is 0 Å². The molecule has 1 rings (SSSR count). The van der Waals surface area contributed by atoms with Crippen LogP contribution in [0, 0.1) is 0 Å². The minimum absolute atomic E-state index is 0.0897. The lowest BCUT2D eigenvalue weighted by Gasteiger charge is -2.30. The smallest absolute Gasteiger partial charge is 0.0814 e. The van der Waals surface area contributed by atoms with Crippen molar-refractivity contribution in [2.75, 3.05) is 7.11 Å². The molecule has 0 heterocycles. The maximum absolute atomic E-state index is 6.18. The number of ether oxygens (including phenoxy) is 1. The molecule has 2 heteroatoms. The molecule has 0 amide bonds. The summed E-state index contributed by atoms with van der Waals surface area (Å²) in [6.45, 7) is 6.21. The molecule has 0 bridgehead atoms. The van der Waals surface area contributed by atoms with Crippen LogP contribution in [0.2, 0.25) is 0 Å². The first kappa shape index (κ1) is 13.2. The van der Waals surface area contributed by atoms with E-state index in [1.165, 1.54) is 12.0 Å². The van der Waals surface area contributed by atoms with E-state index in [0.29, 0.717) is 0 Å². The van der Waals surface area contributed by atoms with Crippen molar-refractivity contribution in [2.24, 2.45) is 5.73 Å². The van der Waals surface area contributed by atoms with Crippen molar-refractivity contribution in [2.45, 2.75) is 45.3 Å². The Bertz CT molecular complexity index is 316. The molecule has 1 aromatic carbocycles. The van der Waals surface area contributed by atoms with Crippen LogP contribution >= 0.6 is 0 Å². The largest absolute Gasteiger partial charge is 0.377 e. The fourth-order valence-electron chi connectivity index (χ4n) is 1.71. The predicted molar refractivity (Wildman–Crippen MR) is 68.5 cm³/mol. The zero-order chi connectivity index (χ0) is 12.2. The van der Waals surface area contributed by atoms with Crippen LogP contribution in [-0.4, -0.2) is 12.7 Å². The lowest BCUT2D eigenvalue weighted by molar-refractivity contribution is -0.0000342. The number of benzene rings is 1. The molecule has 0 spiro atoms. The van der Waals surface area contributed by atoms with E-state index in [0.717, 1.165) is 12.0 Å². The third-order valence-electron chi connectivity index (χ3n) is 3.15. The Hall–Kier alpha value is -0.860. The van der Waals surface area contributed by atoms with Gasteiger partial charge in [0.05, 0.1) is 11.6 Å². The van der Waals surface area contributed by atoms with Gasteiger partial charge in [-0.25, -0.2) is 0 Å². The Labute approximate surface area is 98.8 Å². The molecule has 0 aliphatic rings. The van der Waals surface area contributed by atoms with Crippen LogP contribution < -0.4 is 5.73 Å². The van der Waals surface area contributed by atoms with E-state index in [9.17, 15) is 0 Å². The summed E-state index contributed by atoms with van der Waals surface area (Å²) in [4.78, 5) is 0. The monoisotopic (exact) mass is 221 g/mol. The van der Waals surface area contributed by atoms with E-state index in [2.05, 4.69) is 31.2 Å². The average Bonchev–Trinajstić information content (AvgIpc) is 2.29. The topological polar surface area (TPSA) is 35.2 Å². The quantitative estimate of drug-likeness (QED) is 0.829. The number of hydrogen-bond acceptors (Lipinski definition) is 2. The van der Waals surface area contributed by atoms with Crippen LogP contribution in [0.15, 0.2) is 24.3 Å². The fraction of sp³-hybridized carbons (Fsp3) is 0.571. The van der Waals surface area contributed by atoms with Crippen molar-refractivity contribution < 1.29 is 4.74 Å². The molecule has 0 aromatic heterocycles. The summed E-state index contributed by atoms with van der Waals surface area (Å²) >= 11 is 0. The third kappa shape index (κ3) is 3.06. The summed E-state index contributed by atoms with van der Waals surface area (Å²) in [6.07, 6.45) is 2.30. The lowest BCUT2D eigenvalue weighted by atomic mass is 9.91. The molecule has 0 aliphatic carbocycles. The first-order chi connectivity index (χ1) is 7.51. The number of nitrogens with two attached hydrogens (primary N) is 1. The molecule has 1 unspecified atom stereocenters. The standard InChI is InChI=1S/C14H23NO/c1-5-6-11-7-9-12(10-8-11)13(15)14(2,3)16-4/h7-10,13H,5-6,15H2,1-4H3. The molecule has 90 valence electrons. The Morgan fingerprint density at radius 2 is 1.81 bits per heavy atom. The average molecular weight is 221 g/mol. The highest BCUT2D eigenvalue weighted by molar-refractivity contribution is 5.26. The van der Waals surface area contributed by atoms with Crippen molar-refractivity contribution in [3.05, 3.63) is 35.4 Å². The number of hydrogen-bond donors (Lipinski definition) is 1. The first-order valence-electron chi connectivity index (χ1n) is 5.91. The highest BCUT2D eigenvalue weighted by atomic mass is 16.5. The van der Waals surface area contributed by atoms with Gasteiger partial charge < -0.3 is 10.5 Å². The van der Waals surface area contributed by atoms with Crippen LogP contribution in [-0.2, 0) is 11.2 Å². The minimum Gasteiger partial charge on any atom is -0.377 e. The SMILES string of the molecule is CCCc1ccc(C(N)C(C)(C)OC)cc1. The van der Waals surface area contributed by atoms with E-state index in [1.54, 1.807) is 7.11 Å². The summed E-state index contributed by atoms with van der Waals surface area (Å²) in [5.74, 6) is 0. The Balaban J connectivity index is 2.81. The zero-order valence-corrected chi connectivity index (χ0v) is 10.8. The number of rotatable bonds is 5. The van der Waals surface area contributed by atoms with Gasteiger partial charge in [-0.1, -0.05) is 37.6 Å². The predicted octanol–water partition coefficient (Wildman–Crippen LogP) is 3.06. The molecule has 0 aliphatic heterocycles. The molecule has 0 fully saturated rings. The van der Waals surface area contributed by atoms with Crippen molar-refractivity contribution in [1.82, 2.24) is 0 Å². The summed E-state index contributed by atoms with van der Waals surface area (Å²) in [5, 5.41) is 0. The van der Waals surface area contributed by atoms with E-state index in [4.69, 9.17) is 10.5 Å². The van der Waals surface area contributed by atoms with Crippen LogP contribution in [0.3, 0.4) is 0 Å². The van der Waals surface area contributed by atoms with Crippen LogP contribution in [0.5, 0.6) is 0 Å². The third-order valence-corrected chi connectivity index (χ3v) is 3.15. The highest BCUT2D eigenvalue weighted by Gasteiger charge is 2.26. The van der Waals surface area contributed by atoms with Crippen molar-refractivity contribution in [3.63, 3.8) is 0 Å². The van der Waals surface area contributed by atoms with E-state index in [1.807, 2.05) is 13.8 Å². The van der Waals surface area contributed by atoms with Gasteiger partial charge in [0.25, 0.3) is 0 Å². The van der Waals surface area contributed by atoms with E-state index < -0.39 is 0 Å². The van der Waals surface area contributed by atoms with Gasteiger partial charge >= 0.3 is 0 Å². The molecule has 1 atom stereocenters. The molecule has 0 radical (unpaired) electrons. The zero-order valence-electron chi connectivity index (χ0n) is 10.8. The minimum atomic E-state index is -0.327. The molecule has 1 aromatic rings. The second kappa shape index (κ2) is 5.46. The fourth-order valence-corrected chi connectivity index (χ4v) is 1.71. The van der Waals surface area contributed by atoms with Gasteiger partial charge in [0.1, 0.15) is 0 Å². The summed E-state index contributed by atoms with van der Waals surface area (Å²) in [6, 6.07) is 8.44. The van der Waals surface area contributed by atoms with Gasteiger partial charge in [-0.3, -0.25) is 0 Å². The second-order valence-corrected chi connectivity index (χ2v) is 4.78. The Morgan fingerprint density at radius 1 is 1.25 bits per heavy atom. The number of aryl methyl sites for hydroxylation is 1. The molecule has 2 nitrogen and oxygen atoms in total. The molecule has 0 saturated heterocycles. The number of methoxy groups -OCH3 is 1. The first-order valence-corrected chi connectivity index (χ1v) is 5.91. The summed E-state index contributed by atoms with van der Waals surface area (Å²) in [5.41, 5.74) is 8.36. The van der Waals surface area contributed by atoms with Crippen molar-refractivity contribution in [3.8, 4) is 0 Å². The molecule has 16 heavy (non-hydrogen) atoms. The van der Waals surface area contributed by atoms with Gasteiger partial charge in [0, 0.05) is 7.11 Å². The molecular formula is C14H23NO. The normalized spacial score (nSPS) is 13.8. The molecule has 2 N–H and O–H groups in total. The van der Waals surface area contributed by atoms with Crippen molar-refractivity contribution in [1.29, 1.82) is 0 Å². The highest BCUT2D eigenvalue weighted by Crippen LogP contribution is 2.26. The lowest BCUT2D eigenvalue weighted by Crippen LogP contribution is -2.37. The molecule has 0 saturated carbocycles. The van der Waals surface area contributed by atoms with Gasteiger partial charge in [-0.2, -0.15) is 0 Å². The summed E-state index contributed by atoms with van der Waals surface area (Å²) < 4.78 is 5.41. The maximum Gasteiger partial charge on any atom is 0.0814 e. The van der Waals surface area contributed by atoms with Gasteiger partial charge in [-0.15, -0.1) is 0 Å². The van der Waals surface area contributed by atoms with E-state index >= 15 is 0 Å². The Kier molecular flexibility index (Phi) is 4.51. The van der Waals surface area contributed by atoms with Crippen molar-refractivity contribution >= 4 is 0 Å². The van der Waals surface area contributed by atoms with Crippen LogP contribution in [0.1, 0.15) is 44.4 Å². The van der Waals surface area contributed by atoms with E-state index in [-0.39, 0.29) is 11.6 Å². The Morgan fingerprint density at radius 3 is 2.25 bits per heavy atom. The van der Waals surface area contributed by atoms with Gasteiger partial charge in [0.2, 0.25) is 0 Å². The maximum atomic E-state index is 6.18.